The maximum Gasteiger partial charge on any atom is 0.235 e. The Kier molecular flexibility index (Phi) is 6.27. The fourth-order valence-corrected chi connectivity index (χ4v) is 8.78. The number of nitrogens with zero attached hydrogens (tertiary/aromatic N) is 4. The van der Waals surface area contributed by atoms with Crippen molar-refractivity contribution >= 4 is 76.5 Å². The number of benzene rings is 8. The summed E-state index contributed by atoms with van der Waals surface area (Å²) in [5.74, 6) is 0.619. The van der Waals surface area contributed by atoms with Crippen molar-refractivity contribution < 1.29 is 4.42 Å². The molecule has 0 unspecified atom stereocenters. The Morgan fingerprint density at radius 2 is 1.04 bits per heavy atom. The number of aromatic nitrogens is 4. The van der Waals surface area contributed by atoms with Gasteiger partial charge in [-0.1, -0.05) is 127 Å². The average molecular weight is 703 g/mol. The number of furan rings is 1. The van der Waals surface area contributed by atoms with E-state index in [1.807, 2.05) is 24.3 Å². The van der Waals surface area contributed by atoms with Crippen LogP contribution in [-0.4, -0.2) is 19.1 Å². The van der Waals surface area contributed by atoms with E-state index in [2.05, 4.69) is 167 Å². The summed E-state index contributed by atoms with van der Waals surface area (Å²) in [6.45, 7) is 0. The molecule has 5 nitrogen and oxygen atoms in total. The van der Waals surface area contributed by atoms with E-state index >= 15 is 0 Å². The lowest BCUT2D eigenvalue weighted by Crippen LogP contribution is -2.03. The van der Waals surface area contributed by atoms with Gasteiger partial charge in [-0.05, 0) is 65.7 Å². The topological polar surface area (TPSA) is 48.8 Å². The van der Waals surface area contributed by atoms with Crippen LogP contribution in [0, 0.1) is 0 Å². The van der Waals surface area contributed by atoms with Crippen molar-refractivity contribution in [3.05, 3.63) is 182 Å². The third-order valence-corrected chi connectivity index (χ3v) is 11.1. The first kappa shape index (κ1) is 30.0. The van der Waals surface area contributed by atoms with Crippen LogP contribution in [0.4, 0.5) is 0 Å². The highest BCUT2D eigenvalue weighted by molar-refractivity contribution is 6.33. The molecular formula is C50H30N4O. The third-order valence-electron chi connectivity index (χ3n) is 11.1. The van der Waals surface area contributed by atoms with Gasteiger partial charge in [-0.25, -0.2) is 9.97 Å². The van der Waals surface area contributed by atoms with Gasteiger partial charge in [-0.15, -0.1) is 0 Å². The summed E-state index contributed by atoms with van der Waals surface area (Å²) < 4.78 is 11.2. The molecule has 12 rings (SSSR count). The van der Waals surface area contributed by atoms with E-state index in [0.717, 1.165) is 82.6 Å². The highest BCUT2D eigenvalue weighted by Gasteiger charge is 2.25. The predicted octanol–water partition coefficient (Wildman–Crippen LogP) is 13.1. The van der Waals surface area contributed by atoms with Gasteiger partial charge in [-0.3, -0.25) is 4.57 Å². The summed E-state index contributed by atoms with van der Waals surface area (Å²) in [6, 6.07) is 64.1. The fraction of sp³-hybridized carbons (Fsp3) is 0. The van der Waals surface area contributed by atoms with Gasteiger partial charge in [0.05, 0.1) is 38.7 Å². The molecule has 0 saturated carbocycles. The van der Waals surface area contributed by atoms with E-state index in [1.165, 1.54) is 21.9 Å². The molecule has 55 heavy (non-hydrogen) atoms. The molecule has 0 atom stereocenters. The molecule has 0 aliphatic rings. The highest BCUT2D eigenvalue weighted by atomic mass is 16.3. The minimum absolute atomic E-state index is 0.619. The number of para-hydroxylation sites is 3. The molecule has 256 valence electrons. The average Bonchev–Trinajstić information content (AvgIpc) is 3.91. The Hall–Kier alpha value is -7.50. The molecule has 0 amide bonds. The number of hydrogen-bond donors (Lipinski definition) is 0. The van der Waals surface area contributed by atoms with Crippen LogP contribution in [0.5, 0.6) is 0 Å². The van der Waals surface area contributed by atoms with E-state index in [4.69, 9.17) is 14.4 Å². The first-order valence-electron chi connectivity index (χ1n) is 18.6. The van der Waals surface area contributed by atoms with E-state index in [1.54, 1.807) is 0 Å². The van der Waals surface area contributed by atoms with Crippen LogP contribution in [0.25, 0.3) is 110 Å². The summed E-state index contributed by atoms with van der Waals surface area (Å²) in [4.78, 5) is 10.8. The van der Waals surface area contributed by atoms with Crippen molar-refractivity contribution in [2.24, 2.45) is 0 Å². The maximum atomic E-state index is 6.52. The minimum atomic E-state index is 0.619. The standard InChI is InChI=1S/C50H30N4O/c1-3-14-31(15-4-1)33-18-13-19-34(30-33)53-40-24-11-8-21-36(40)45-41(53)27-28-42-46(45)38-26-29-44-47(37-22-9-12-25-43(37)55-44)49(38)54(42)50-51-39-23-10-7-20-35(39)48(52-50)32-16-5-2-6-17-32/h1-30H. The molecule has 8 aromatic carbocycles. The van der Waals surface area contributed by atoms with E-state index in [9.17, 15) is 0 Å². The lowest BCUT2D eigenvalue weighted by Gasteiger charge is -2.12. The van der Waals surface area contributed by atoms with E-state index in [-0.39, 0.29) is 0 Å². The van der Waals surface area contributed by atoms with E-state index in [0.29, 0.717) is 5.95 Å². The minimum Gasteiger partial charge on any atom is -0.456 e. The Bertz CT molecular complexity index is 3480. The maximum absolute atomic E-state index is 6.52. The Balaban J connectivity index is 1.25. The quantitative estimate of drug-likeness (QED) is 0.183. The Morgan fingerprint density at radius 1 is 0.382 bits per heavy atom. The molecule has 4 aromatic heterocycles. The zero-order valence-corrected chi connectivity index (χ0v) is 29.5. The summed E-state index contributed by atoms with van der Waals surface area (Å²) in [6.07, 6.45) is 0. The second-order valence-corrected chi connectivity index (χ2v) is 14.1. The normalized spacial score (nSPS) is 12.0. The molecular weight excluding hydrogens is 673 g/mol. The second-order valence-electron chi connectivity index (χ2n) is 14.1. The molecule has 5 heteroatoms. The van der Waals surface area contributed by atoms with Crippen LogP contribution in [0.15, 0.2) is 186 Å². The van der Waals surface area contributed by atoms with Crippen LogP contribution >= 0.6 is 0 Å². The van der Waals surface area contributed by atoms with Gasteiger partial charge in [0, 0.05) is 43.6 Å². The lowest BCUT2D eigenvalue weighted by atomic mass is 10.0. The van der Waals surface area contributed by atoms with Crippen molar-refractivity contribution in [3.8, 4) is 34.0 Å². The first-order valence-corrected chi connectivity index (χ1v) is 18.6. The molecule has 12 aromatic rings. The number of hydrogen-bond acceptors (Lipinski definition) is 3. The third kappa shape index (κ3) is 4.35. The Labute approximate surface area is 315 Å². The van der Waals surface area contributed by atoms with Crippen LogP contribution in [0.1, 0.15) is 0 Å². The van der Waals surface area contributed by atoms with Crippen LogP contribution < -0.4 is 0 Å². The molecule has 4 heterocycles. The summed E-state index contributed by atoms with van der Waals surface area (Å²) >= 11 is 0. The monoisotopic (exact) mass is 702 g/mol. The zero-order chi connectivity index (χ0) is 36.0. The molecule has 0 spiro atoms. The SMILES string of the molecule is c1ccc(-c2cccc(-n3c4ccccc4c4c5c6ccc7oc8ccccc8c7c6n(-c6nc(-c7ccccc7)c7ccccc7n6)c5ccc43)c2)cc1. The van der Waals surface area contributed by atoms with Crippen molar-refractivity contribution in [3.63, 3.8) is 0 Å². The smallest absolute Gasteiger partial charge is 0.235 e. The van der Waals surface area contributed by atoms with Gasteiger partial charge in [0.2, 0.25) is 5.95 Å². The van der Waals surface area contributed by atoms with Crippen molar-refractivity contribution in [1.29, 1.82) is 0 Å². The molecule has 0 N–H and O–H groups in total. The number of rotatable bonds is 4. The summed E-state index contributed by atoms with van der Waals surface area (Å²) in [5.41, 5.74) is 12.4. The van der Waals surface area contributed by atoms with E-state index < -0.39 is 0 Å². The molecule has 0 aliphatic carbocycles. The molecule has 0 saturated heterocycles. The fourth-order valence-electron chi connectivity index (χ4n) is 8.78. The first-order chi connectivity index (χ1) is 27.3. The molecule has 0 bridgehead atoms. The van der Waals surface area contributed by atoms with Crippen LogP contribution in [0.2, 0.25) is 0 Å². The zero-order valence-electron chi connectivity index (χ0n) is 29.5. The molecule has 0 fully saturated rings. The van der Waals surface area contributed by atoms with Gasteiger partial charge in [0.25, 0.3) is 0 Å². The molecule has 0 radical (unpaired) electrons. The Morgan fingerprint density at radius 3 is 1.87 bits per heavy atom. The predicted molar refractivity (Wildman–Crippen MR) is 226 cm³/mol. The van der Waals surface area contributed by atoms with Crippen molar-refractivity contribution in [2.75, 3.05) is 0 Å². The van der Waals surface area contributed by atoms with Gasteiger partial charge in [0.1, 0.15) is 11.2 Å². The van der Waals surface area contributed by atoms with Gasteiger partial charge in [0.15, 0.2) is 0 Å². The van der Waals surface area contributed by atoms with Crippen LogP contribution in [0.3, 0.4) is 0 Å². The second kappa shape index (κ2) is 11.5. The largest absolute Gasteiger partial charge is 0.456 e. The van der Waals surface area contributed by atoms with Crippen molar-refractivity contribution in [1.82, 2.24) is 19.1 Å². The van der Waals surface area contributed by atoms with Crippen LogP contribution in [-0.2, 0) is 0 Å². The summed E-state index contributed by atoms with van der Waals surface area (Å²) in [5, 5.41) is 7.79. The lowest BCUT2D eigenvalue weighted by molar-refractivity contribution is 0.669. The van der Waals surface area contributed by atoms with Gasteiger partial charge >= 0.3 is 0 Å². The highest BCUT2D eigenvalue weighted by Crippen LogP contribution is 2.46. The number of fused-ring (bicyclic) bond motifs is 12. The summed E-state index contributed by atoms with van der Waals surface area (Å²) in [7, 11) is 0. The van der Waals surface area contributed by atoms with Crippen molar-refractivity contribution in [2.45, 2.75) is 0 Å². The van der Waals surface area contributed by atoms with Gasteiger partial charge in [-0.2, -0.15) is 0 Å². The van der Waals surface area contributed by atoms with Gasteiger partial charge < -0.3 is 8.98 Å². The molecule has 0 aliphatic heterocycles.